The summed E-state index contributed by atoms with van der Waals surface area (Å²) >= 11 is 5.91. The number of rotatable bonds is 4. The molecule has 0 aromatic carbocycles. The minimum Gasteiger partial charge on any atom is -0.467 e. The first kappa shape index (κ1) is 15.6. The zero-order valence-corrected chi connectivity index (χ0v) is 13.3. The summed E-state index contributed by atoms with van der Waals surface area (Å²) in [5.41, 5.74) is 0.832. The van der Waals surface area contributed by atoms with Gasteiger partial charge in [0.2, 0.25) is 11.8 Å². The van der Waals surface area contributed by atoms with Crippen LogP contribution in [0.3, 0.4) is 0 Å². The number of nitrogens with one attached hydrogen (secondary N) is 1. The van der Waals surface area contributed by atoms with Gasteiger partial charge in [0.15, 0.2) is 0 Å². The first-order valence-corrected chi connectivity index (χ1v) is 7.64. The summed E-state index contributed by atoms with van der Waals surface area (Å²) in [5.74, 6) is 0.481. The van der Waals surface area contributed by atoms with Crippen molar-refractivity contribution in [3.8, 4) is 0 Å². The van der Waals surface area contributed by atoms with E-state index < -0.39 is 5.92 Å². The normalized spacial score (nSPS) is 17.6. The van der Waals surface area contributed by atoms with E-state index >= 15 is 0 Å². The van der Waals surface area contributed by atoms with Crippen LogP contribution in [0.5, 0.6) is 0 Å². The van der Waals surface area contributed by atoms with E-state index in [2.05, 4.69) is 10.3 Å². The summed E-state index contributed by atoms with van der Waals surface area (Å²) < 4.78 is 5.24. The summed E-state index contributed by atoms with van der Waals surface area (Å²) in [7, 11) is 0. The SMILES string of the molecule is Cc1cc(NC(=O)C2CC(=O)N(Cc3ccco3)C2)ncc1Cl. The molecule has 6 nitrogen and oxygen atoms in total. The van der Waals surface area contributed by atoms with Gasteiger partial charge in [0.25, 0.3) is 0 Å². The fourth-order valence-electron chi connectivity index (χ4n) is 2.53. The van der Waals surface area contributed by atoms with Gasteiger partial charge in [0.05, 0.1) is 23.7 Å². The van der Waals surface area contributed by atoms with Gasteiger partial charge in [-0.15, -0.1) is 0 Å². The van der Waals surface area contributed by atoms with Crippen molar-refractivity contribution in [2.24, 2.45) is 5.92 Å². The molecule has 0 aliphatic carbocycles. The first-order valence-electron chi connectivity index (χ1n) is 7.26. The third-order valence-corrected chi connectivity index (χ3v) is 4.21. The average Bonchev–Trinajstić information content (AvgIpc) is 3.14. The van der Waals surface area contributed by atoms with Crippen LogP contribution in [0.2, 0.25) is 5.02 Å². The van der Waals surface area contributed by atoms with Gasteiger partial charge < -0.3 is 14.6 Å². The molecule has 1 saturated heterocycles. The number of hydrogen-bond donors (Lipinski definition) is 1. The molecule has 1 aliphatic rings. The van der Waals surface area contributed by atoms with E-state index in [1.54, 1.807) is 29.4 Å². The van der Waals surface area contributed by atoms with Gasteiger partial charge in [-0.05, 0) is 30.7 Å². The number of nitrogens with zero attached hydrogens (tertiary/aromatic N) is 2. The van der Waals surface area contributed by atoms with E-state index in [1.165, 1.54) is 6.20 Å². The predicted octanol–water partition coefficient (Wildman–Crippen LogP) is 2.62. The largest absolute Gasteiger partial charge is 0.467 e. The molecule has 0 radical (unpaired) electrons. The van der Waals surface area contributed by atoms with Crippen molar-refractivity contribution in [1.29, 1.82) is 0 Å². The number of carbonyl (C=O) groups excluding carboxylic acids is 2. The Balaban J connectivity index is 1.62. The molecular weight excluding hydrogens is 318 g/mol. The number of furan rings is 1. The lowest BCUT2D eigenvalue weighted by Gasteiger charge is -2.15. The van der Waals surface area contributed by atoms with Gasteiger partial charge in [-0.3, -0.25) is 9.59 Å². The molecule has 0 spiro atoms. The number of aryl methyl sites for hydroxylation is 1. The number of pyridine rings is 1. The Morgan fingerprint density at radius 1 is 1.57 bits per heavy atom. The van der Waals surface area contributed by atoms with E-state index in [9.17, 15) is 9.59 Å². The Morgan fingerprint density at radius 3 is 3.09 bits per heavy atom. The molecule has 2 aromatic heterocycles. The van der Waals surface area contributed by atoms with E-state index in [4.69, 9.17) is 16.0 Å². The van der Waals surface area contributed by atoms with Gasteiger partial charge in [-0.2, -0.15) is 0 Å². The highest BCUT2D eigenvalue weighted by Crippen LogP contribution is 2.22. The Bertz CT molecular complexity index is 730. The number of anilines is 1. The zero-order chi connectivity index (χ0) is 16.4. The van der Waals surface area contributed by atoms with E-state index in [-0.39, 0.29) is 18.2 Å². The fourth-order valence-corrected chi connectivity index (χ4v) is 2.63. The van der Waals surface area contributed by atoms with Crippen molar-refractivity contribution in [3.63, 3.8) is 0 Å². The molecule has 2 aromatic rings. The maximum absolute atomic E-state index is 12.3. The lowest BCUT2D eigenvalue weighted by atomic mass is 10.1. The van der Waals surface area contributed by atoms with E-state index in [1.807, 2.05) is 6.92 Å². The number of carbonyl (C=O) groups is 2. The van der Waals surface area contributed by atoms with Crippen molar-refractivity contribution in [1.82, 2.24) is 9.88 Å². The van der Waals surface area contributed by atoms with Gasteiger partial charge in [-0.25, -0.2) is 4.98 Å². The van der Waals surface area contributed by atoms with Crippen molar-refractivity contribution in [2.45, 2.75) is 19.9 Å². The Hall–Kier alpha value is -2.34. The maximum atomic E-state index is 12.3. The molecule has 7 heteroatoms. The smallest absolute Gasteiger partial charge is 0.230 e. The number of hydrogen-bond acceptors (Lipinski definition) is 4. The summed E-state index contributed by atoms with van der Waals surface area (Å²) in [4.78, 5) is 30.1. The Labute approximate surface area is 138 Å². The highest BCUT2D eigenvalue weighted by atomic mass is 35.5. The highest BCUT2D eigenvalue weighted by molar-refractivity contribution is 6.31. The maximum Gasteiger partial charge on any atom is 0.230 e. The van der Waals surface area contributed by atoms with Crippen molar-refractivity contribution in [2.75, 3.05) is 11.9 Å². The van der Waals surface area contributed by atoms with E-state index in [0.717, 1.165) is 5.56 Å². The summed E-state index contributed by atoms with van der Waals surface area (Å²) in [6, 6.07) is 5.29. The van der Waals surface area contributed by atoms with Crippen molar-refractivity contribution in [3.05, 3.63) is 47.0 Å². The summed E-state index contributed by atoms with van der Waals surface area (Å²) in [6.45, 7) is 2.59. The molecular formula is C16H16ClN3O3. The molecule has 1 aliphatic heterocycles. The zero-order valence-electron chi connectivity index (χ0n) is 12.6. The number of amides is 2. The molecule has 1 unspecified atom stereocenters. The molecule has 0 bridgehead atoms. The quantitative estimate of drug-likeness (QED) is 0.933. The van der Waals surface area contributed by atoms with Crippen LogP contribution in [0.1, 0.15) is 17.7 Å². The summed E-state index contributed by atoms with van der Waals surface area (Å²) in [6.07, 6.45) is 3.25. The fraction of sp³-hybridized carbons (Fsp3) is 0.312. The first-order chi connectivity index (χ1) is 11.0. The van der Waals surface area contributed by atoms with Crippen LogP contribution in [0.25, 0.3) is 0 Å². The third kappa shape index (κ3) is 3.53. The average molecular weight is 334 g/mol. The van der Waals surface area contributed by atoms with Crippen molar-refractivity contribution < 1.29 is 14.0 Å². The van der Waals surface area contributed by atoms with Gasteiger partial charge in [-0.1, -0.05) is 11.6 Å². The molecule has 0 saturated carbocycles. The minimum absolute atomic E-state index is 0.0539. The van der Waals surface area contributed by atoms with Gasteiger partial charge in [0, 0.05) is 19.2 Å². The summed E-state index contributed by atoms with van der Waals surface area (Å²) in [5, 5.41) is 3.29. The second-order valence-electron chi connectivity index (χ2n) is 5.56. The number of halogens is 1. The van der Waals surface area contributed by atoms with Crippen LogP contribution in [0.4, 0.5) is 5.82 Å². The topological polar surface area (TPSA) is 75.4 Å². The second-order valence-corrected chi connectivity index (χ2v) is 5.97. The molecule has 120 valence electrons. The standard InChI is InChI=1S/C16H16ClN3O3/c1-10-5-14(18-7-13(10)17)19-16(22)11-6-15(21)20(8-11)9-12-3-2-4-23-12/h2-5,7,11H,6,8-9H2,1H3,(H,18,19,22). The monoisotopic (exact) mass is 333 g/mol. The van der Waals surface area contributed by atoms with Crippen LogP contribution in [0.15, 0.2) is 35.1 Å². The molecule has 3 rings (SSSR count). The van der Waals surface area contributed by atoms with E-state index in [0.29, 0.717) is 29.7 Å². The molecule has 1 atom stereocenters. The lowest BCUT2D eigenvalue weighted by molar-refractivity contribution is -0.128. The van der Waals surface area contributed by atoms with Gasteiger partial charge in [0.1, 0.15) is 11.6 Å². The Kier molecular flexibility index (Phi) is 4.34. The van der Waals surface area contributed by atoms with Crippen LogP contribution >= 0.6 is 11.6 Å². The Morgan fingerprint density at radius 2 is 2.39 bits per heavy atom. The second kappa shape index (κ2) is 6.42. The van der Waals surface area contributed by atoms with Crippen LogP contribution in [0, 0.1) is 12.8 Å². The molecule has 3 heterocycles. The third-order valence-electron chi connectivity index (χ3n) is 3.81. The minimum atomic E-state index is -0.393. The molecule has 2 amide bonds. The van der Waals surface area contributed by atoms with Crippen LogP contribution < -0.4 is 5.32 Å². The van der Waals surface area contributed by atoms with Gasteiger partial charge >= 0.3 is 0 Å². The predicted molar refractivity (Wildman–Crippen MR) is 84.8 cm³/mol. The highest BCUT2D eigenvalue weighted by Gasteiger charge is 2.34. The molecule has 1 N–H and O–H groups in total. The lowest BCUT2D eigenvalue weighted by Crippen LogP contribution is -2.28. The van der Waals surface area contributed by atoms with Crippen LogP contribution in [-0.4, -0.2) is 28.2 Å². The molecule has 1 fully saturated rings. The number of likely N-dealkylation sites (tertiary alicyclic amines) is 1. The van der Waals surface area contributed by atoms with Crippen LogP contribution in [-0.2, 0) is 16.1 Å². The van der Waals surface area contributed by atoms with Crippen molar-refractivity contribution >= 4 is 29.2 Å². The number of aromatic nitrogens is 1. The molecule has 23 heavy (non-hydrogen) atoms.